The van der Waals surface area contributed by atoms with Crippen molar-refractivity contribution in [2.24, 2.45) is 0 Å². The summed E-state index contributed by atoms with van der Waals surface area (Å²) in [5.74, 6) is 0.0718. The highest BCUT2D eigenvalue weighted by atomic mass is 32.2. The van der Waals surface area contributed by atoms with Gasteiger partial charge in [0.2, 0.25) is 0 Å². The lowest BCUT2D eigenvalue weighted by Crippen LogP contribution is -2.04. The summed E-state index contributed by atoms with van der Waals surface area (Å²) < 4.78 is 24.3. The molecule has 1 N–H and O–H groups in total. The largest absolute Gasteiger partial charge is 0.508 e. The van der Waals surface area contributed by atoms with Crippen LogP contribution in [0, 0.1) is 6.92 Å². The van der Waals surface area contributed by atoms with Crippen molar-refractivity contribution >= 4 is 9.84 Å². The van der Waals surface area contributed by atoms with Crippen molar-refractivity contribution in [2.45, 2.75) is 17.6 Å². The van der Waals surface area contributed by atoms with Crippen molar-refractivity contribution in [3.8, 4) is 5.75 Å². The third-order valence-electron chi connectivity index (χ3n) is 2.67. The fraction of sp³-hybridized carbons (Fsp3) is 0.143. The summed E-state index contributed by atoms with van der Waals surface area (Å²) in [6.07, 6.45) is 0. The zero-order chi connectivity index (χ0) is 13.2. The van der Waals surface area contributed by atoms with Crippen molar-refractivity contribution in [3.63, 3.8) is 0 Å². The minimum atomic E-state index is -3.32. The fourth-order valence-corrected chi connectivity index (χ4v) is 2.99. The molecule has 0 saturated heterocycles. The average Bonchev–Trinajstić information content (AvgIpc) is 2.32. The lowest BCUT2D eigenvalue weighted by molar-refractivity contribution is 0.475. The molecule has 0 spiro atoms. The first-order chi connectivity index (χ1) is 8.47. The highest BCUT2D eigenvalue weighted by Crippen LogP contribution is 2.18. The second-order valence-electron chi connectivity index (χ2n) is 4.24. The van der Waals surface area contributed by atoms with E-state index in [1.165, 1.54) is 12.1 Å². The van der Waals surface area contributed by atoms with E-state index in [-0.39, 0.29) is 11.5 Å². The summed E-state index contributed by atoms with van der Waals surface area (Å²) in [6, 6.07) is 13.0. The van der Waals surface area contributed by atoms with Gasteiger partial charge in [-0.2, -0.15) is 0 Å². The Bertz CT molecular complexity index is 626. The van der Waals surface area contributed by atoms with E-state index in [1.54, 1.807) is 36.4 Å². The first-order valence-electron chi connectivity index (χ1n) is 5.55. The Morgan fingerprint density at radius 3 is 2.06 bits per heavy atom. The highest BCUT2D eigenvalue weighted by molar-refractivity contribution is 7.90. The molecular weight excluding hydrogens is 248 g/mol. The summed E-state index contributed by atoms with van der Waals surface area (Å²) in [6.45, 7) is 1.91. The number of phenols is 1. The van der Waals surface area contributed by atoms with Crippen LogP contribution in [0.3, 0.4) is 0 Å². The third-order valence-corrected chi connectivity index (χ3v) is 4.38. The quantitative estimate of drug-likeness (QED) is 0.925. The molecule has 0 radical (unpaired) electrons. The van der Waals surface area contributed by atoms with Gasteiger partial charge in [-0.05, 0) is 36.8 Å². The summed E-state index contributed by atoms with van der Waals surface area (Å²) in [5.41, 5.74) is 1.69. The molecule has 2 rings (SSSR count). The molecule has 18 heavy (non-hydrogen) atoms. The van der Waals surface area contributed by atoms with E-state index in [0.29, 0.717) is 10.5 Å². The number of hydrogen-bond donors (Lipinski definition) is 1. The molecule has 3 nitrogen and oxygen atoms in total. The number of phenolic OH excluding ortho intramolecular Hbond substituents is 1. The molecule has 0 aromatic heterocycles. The zero-order valence-electron chi connectivity index (χ0n) is 10.00. The second-order valence-corrected chi connectivity index (χ2v) is 6.23. The molecule has 0 fully saturated rings. The lowest BCUT2D eigenvalue weighted by Gasteiger charge is -2.05. The van der Waals surface area contributed by atoms with E-state index in [4.69, 9.17) is 5.11 Å². The van der Waals surface area contributed by atoms with Gasteiger partial charge < -0.3 is 5.11 Å². The maximum atomic E-state index is 12.1. The first kappa shape index (κ1) is 12.6. The Hall–Kier alpha value is -1.81. The molecule has 2 aromatic carbocycles. The number of hydrogen-bond acceptors (Lipinski definition) is 3. The van der Waals surface area contributed by atoms with Crippen molar-refractivity contribution < 1.29 is 13.5 Å². The van der Waals surface area contributed by atoms with Crippen LogP contribution in [0.5, 0.6) is 5.75 Å². The molecule has 0 amide bonds. The molecule has 0 bridgehead atoms. The lowest BCUT2D eigenvalue weighted by atomic mass is 10.2. The van der Waals surface area contributed by atoms with Crippen LogP contribution in [0.15, 0.2) is 53.4 Å². The molecule has 0 aliphatic heterocycles. The van der Waals surface area contributed by atoms with E-state index < -0.39 is 9.84 Å². The minimum Gasteiger partial charge on any atom is -0.508 e. The van der Waals surface area contributed by atoms with Gasteiger partial charge in [-0.1, -0.05) is 29.8 Å². The van der Waals surface area contributed by atoms with Gasteiger partial charge in [0.25, 0.3) is 0 Å². The molecular formula is C14H14O3S. The smallest absolute Gasteiger partial charge is 0.182 e. The number of aryl methyl sites for hydroxylation is 1. The Balaban J connectivity index is 2.27. The van der Waals surface area contributed by atoms with Crippen LogP contribution in [0.4, 0.5) is 0 Å². The predicted molar refractivity (Wildman–Crippen MR) is 70.2 cm³/mol. The zero-order valence-corrected chi connectivity index (χ0v) is 10.8. The minimum absolute atomic E-state index is 0.0592. The third kappa shape index (κ3) is 2.90. The van der Waals surface area contributed by atoms with Crippen LogP contribution >= 0.6 is 0 Å². The van der Waals surface area contributed by atoms with E-state index in [2.05, 4.69) is 0 Å². The maximum Gasteiger partial charge on any atom is 0.182 e. The van der Waals surface area contributed by atoms with Crippen molar-refractivity contribution in [3.05, 3.63) is 59.7 Å². The highest BCUT2D eigenvalue weighted by Gasteiger charge is 2.14. The number of benzene rings is 2. The second kappa shape index (κ2) is 4.82. The Kier molecular flexibility index (Phi) is 3.39. The molecule has 0 aliphatic rings. The topological polar surface area (TPSA) is 54.4 Å². The summed E-state index contributed by atoms with van der Waals surface area (Å²) in [5, 5.41) is 9.15. The van der Waals surface area contributed by atoms with Crippen LogP contribution in [-0.2, 0) is 15.6 Å². The molecule has 0 atom stereocenters. The standard InChI is InChI=1S/C14H14O3S/c1-11-2-8-14(9-3-11)18(16,17)10-12-4-6-13(15)7-5-12/h2-9,15H,10H2,1H3. The van der Waals surface area contributed by atoms with Gasteiger partial charge in [-0.25, -0.2) is 8.42 Å². The first-order valence-corrected chi connectivity index (χ1v) is 7.20. The van der Waals surface area contributed by atoms with Crippen molar-refractivity contribution in [2.75, 3.05) is 0 Å². The van der Waals surface area contributed by atoms with Crippen LogP contribution in [0.2, 0.25) is 0 Å². The molecule has 4 heteroatoms. The van der Waals surface area contributed by atoms with Gasteiger partial charge in [0, 0.05) is 0 Å². The van der Waals surface area contributed by atoms with Crippen LogP contribution in [-0.4, -0.2) is 13.5 Å². The van der Waals surface area contributed by atoms with E-state index in [1.807, 2.05) is 6.92 Å². The van der Waals surface area contributed by atoms with E-state index >= 15 is 0 Å². The summed E-state index contributed by atoms with van der Waals surface area (Å²) in [4.78, 5) is 0.321. The fourth-order valence-electron chi connectivity index (χ4n) is 1.64. The molecule has 0 saturated carbocycles. The monoisotopic (exact) mass is 262 g/mol. The molecule has 94 valence electrons. The number of sulfone groups is 1. The van der Waals surface area contributed by atoms with E-state index in [0.717, 1.165) is 5.56 Å². The Labute approximate surface area is 107 Å². The number of aromatic hydroxyl groups is 1. The molecule has 2 aromatic rings. The normalized spacial score (nSPS) is 11.4. The van der Waals surface area contributed by atoms with Gasteiger partial charge >= 0.3 is 0 Å². The maximum absolute atomic E-state index is 12.1. The van der Waals surface area contributed by atoms with Gasteiger partial charge in [0.1, 0.15) is 5.75 Å². The Morgan fingerprint density at radius 1 is 0.944 bits per heavy atom. The van der Waals surface area contributed by atoms with Crippen molar-refractivity contribution in [1.82, 2.24) is 0 Å². The molecule has 0 heterocycles. The number of rotatable bonds is 3. The Morgan fingerprint density at radius 2 is 1.50 bits per heavy atom. The molecule has 0 unspecified atom stereocenters. The van der Waals surface area contributed by atoms with Gasteiger partial charge in [0.15, 0.2) is 9.84 Å². The molecule has 0 aliphatic carbocycles. The summed E-state index contributed by atoms with van der Waals surface area (Å²) in [7, 11) is -3.32. The van der Waals surface area contributed by atoms with E-state index in [9.17, 15) is 8.42 Å². The van der Waals surface area contributed by atoms with Crippen molar-refractivity contribution in [1.29, 1.82) is 0 Å². The van der Waals surface area contributed by atoms with Crippen LogP contribution < -0.4 is 0 Å². The summed E-state index contributed by atoms with van der Waals surface area (Å²) >= 11 is 0. The van der Waals surface area contributed by atoms with Gasteiger partial charge in [-0.3, -0.25) is 0 Å². The van der Waals surface area contributed by atoms with Gasteiger partial charge in [0.05, 0.1) is 10.6 Å². The van der Waals surface area contributed by atoms with Crippen LogP contribution in [0.1, 0.15) is 11.1 Å². The van der Waals surface area contributed by atoms with Crippen LogP contribution in [0.25, 0.3) is 0 Å². The van der Waals surface area contributed by atoms with Gasteiger partial charge in [-0.15, -0.1) is 0 Å². The average molecular weight is 262 g/mol. The SMILES string of the molecule is Cc1ccc(S(=O)(=O)Cc2ccc(O)cc2)cc1. The predicted octanol–water partition coefficient (Wildman–Crippen LogP) is 2.67.